The van der Waals surface area contributed by atoms with Crippen LogP contribution >= 0.6 is 0 Å². The van der Waals surface area contributed by atoms with Crippen molar-refractivity contribution in [1.29, 1.82) is 0 Å². The number of hydrogen-bond donors (Lipinski definition) is 0. The molecule has 0 N–H and O–H groups in total. The summed E-state index contributed by atoms with van der Waals surface area (Å²) in [6, 6.07) is 45.9. The number of aromatic nitrogens is 2. The van der Waals surface area contributed by atoms with Gasteiger partial charge in [0.25, 0.3) is 0 Å². The summed E-state index contributed by atoms with van der Waals surface area (Å²) in [7, 11) is 0. The van der Waals surface area contributed by atoms with E-state index in [-0.39, 0.29) is 20.1 Å². The van der Waals surface area contributed by atoms with Gasteiger partial charge in [-0.05, 0) is 35.2 Å². The average molecular weight is 998 g/mol. The molecule has 3 nitrogen and oxygen atoms in total. The van der Waals surface area contributed by atoms with Crippen LogP contribution in [0.25, 0.3) is 76.8 Å². The van der Waals surface area contributed by atoms with Crippen molar-refractivity contribution in [3.05, 3.63) is 150 Å². The van der Waals surface area contributed by atoms with Crippen molar-refractivity contribution in [2.24, 2.45) is 5.92 Å². The first kappa shape index (κ1) is 41.5. The van der Waals surface area contributed by atoms with Crippen LogP contribution in [-0.4, -0.2) is 23.2 Å². The van der Waals surface area contributed by atoms with E-state index in [9.17, 15) is 0 Å². The topological polar surface area (TPSA) is 38.9 Å². The molecule has 1 radical (unpaired) electrons. The van der Waals surface area contributed by atoms with Crippen molar-refractivity contribution >= 4 is 71.9 Å². The molecule has 0 saturated carbocycles. The molecule has 0 amide bonds. The van der Waals surface area contributed by atoms with Gasteiger partial charge in [-0.25, -0.2) is 0 Å². The molecule has 0 aliphatic carbocycles. The van der Waals surface area contributed by atoms with E-state index < -0.39 is 13.3 Å². The molecule has 5 heteroatoms. The van der Waals surface area contributed by atoms with Gasteiger partial charge < -0.3 is 9.40 Å². The number of hydrogen-bond acceptors (Lipinski definition) is 3. The molecular formula is C53H52GeIrN2O-2. The van der Waals surface area contributed by atoms with Gasteiger partial charge in [-0.1, -0.05) is 62.4 Å². The minimum Gasteiger partial charge on any atom is -0.501 e. The van der Waals surface area contributed by atoms with E-state index in [1.165, 1.54) is 53.4 Å². The van der Waals surface area contributed by atoms with Crippen LogP contribution in [0.4, 0.5) is 0 Å². The number of rotatable bonds is 7. The van der Waals surface area contributed by atoms with Crippen LogP contribution in [0.2, 0.25) is 17.3 Å². The summed E-state index contributed by atoms with van der Waals surface area (Å²) in [5, 5.41) is 9.98. The summed E-state index contributed by atoms with van der Waals surface area (Å²) in [6.45, 7) is 13.4. The summed E-state index contributed by atoms with van der Waals surface area (Å²) in [5.74, 6) is 8.95. The molecule has 6 aromatic carbocycles. The zero-order chi connectivity index (χ0) is 40.0. The zero-order valence-corrected chi connectivity index (χ0v) is 39.6. The first-order valence-electron chi connectivity index (χ1n) is 20.4. The SMILES string of the molecule is CC(C)Cc1cc(-c2[c-]cc3c4ccccc4c4ccccc4c3c2)nc[c]1[Ge]([CH3])([CH3])[CH3].CC(C)c1ccnc(-c2[c-]ccc3c2oc2cc(C(C)C)ccc23)c1.[Ir]. The second-order valence-corrected chi connectivity index (χ2v) is 28.1. The summed E-state index contributed by atoms with van der Waals surface area (Å²) >= 11 is -1.99. The Morgan fingerprint density at radius 3 is 1.88 bits per heavy atom. The molecule has 0 aliphatic heterocycles. The van der Waals surface area contributed by atoms with E-state index >= 15 is 0 Å². The van der Waals surface area contributed by atoms with Crippen molar-refractivity contribution < 1.29 is 24.5 Å². The largest absolute Gasteiger partial charge is 0.501 e. The third-order valence-corrected chi connectivity index (χ3v) is 15.5. The predicted octanol–water partition coefficient (Wildman–Crippen LogP) is 14.4. The van der Waals surface area contributed by atoms with Crippen molar-refractivity contribution in [3.8, 4) is 22.5 Å². The van der Waals surface area contributed by atoms with E-state index in [0.717, 1.165) is 50.9 Å². The van der Waals surface area contributed by atoms with Gasteiger partial charge in [-0.2, -0.15) is 0 Å². The Morgan fingerprint density at radius 2 is 1.24 bits per heavy atom. The Kier molecular flexibility index (Phi) is 12.1. The molecule has 0 fully saturated rings. The Balaban J connectivity index is 0.000000179. The Hall–Kier alpha value is -4.61. The zero-order valence-electron chi connectivity index (χ0n) is 35.1. The van der Waals surface area contributed by atoms with Crippen molar-refractivity contribution in [3.63, 3.8) is 0 Å². The summed E-state index contributed by atoms with van der Waals surface area (Å²) in [5.41, 5.74) is 9.81. The van der Waals surface area contributed by atoms with Crippen LogP contribution in [0.3, 0.4) is 0 Å². The smallest absolute Gasteiger partial charge is 0.121 e. The van der Waals surface area contributed by atoms with Crippen LogP contribution in [-0.2, 0) is 26.5 Å². The van der Waals surface area contributed by atoms with Crippen LogP contribution in [0.15, 0.2) is 126 Å². The quantitative estimate of drug-likeness (QED) is 0.0907. The fourth-order valence-corrected chi connectivity index (χ4v) is 11.5. The van der Waals surface area contributed by atoms with Gasteiger partial charge in [-0.3, -0.25) is 0 Å². The van der Waals surface area contributed by atoms with E-state index in [1.807, 2.05) is 12.3 Å². The van der Waals surface area contributed by atoms with Crippen LogP contribution in [0, 0.1) is 18.1 Å². The fraction of sp³-hybridized carbons (Fsp3) is 0.245. The molecule has 295 valence electrons. The average Bonchev–Trinajstić information content (AvgIpc) is 3.59. The Morgan fingerprint density at radius 1 is 0.603 bits per heavy atom. The number of benzene rings is 6. The number of pyridine rings is 2. The maximum absolute atomic E-state index is 6.26. The molecule has 0 aliphatic rings. The van der Waals surface area contributed by atoms with Crippen molar-refractivity contribution in [2.75, 3.05) is 0 Å². The van der Waals surface area contributed by atoms with Crippen molar-refractivity contribution in [1.82, 2.24) is 9.97 Å². The summed E-state index contributed by atoms with van der Waals surface area (Å²) < 4.78 is 7.79. The second kappa shape index (κ2) is 16.9. The number of fused-ring (bicyclic) bond motifs is 9. The van der Waals surface area contributed by atoms with E-state index in [1.54, 1.807) is 0 Å². The minimum atomic E-state index is -1.99. The number of nitrogens with zero attached hydrogens (tertiary/aromatic N) is 2. The van der Waals surface area contributed by atoms with E-state index in [4.69, 9.17) is 9.40 Å². The maximum atomic E-state index is 6.26. The molecule has 0 bridgehead atoms. The summed E-state index contributed by atoms with van der Waals surface area (Å²) in [6.07, 6.45) is 5.15. The molecule has 0 saturated heterocycles. The fourth-order valence-electron chi connectivity index (χ4n) is 8.17. The Bertz CT molecular complexity index is 2880. The molecule has 9 aromatic rings. The first-order chi connectivity index (χ1) is 27.4. The van der Waals surface area contributed by atoms with E-state index in [2.05, 4.69) is 185 Å². The molecular weight excluding hydrogens is 945 g/mol. The molecule has 0 atom stereocenters. The monoisotopic (exact) mass is 999 g/mol. The van der Waals surface area contributed by atoms with Gasteiger partial charge in [0.2, 0.25) is 0 Å². The normalized spacial score (nSPS) is 11.9. The third kappa shape index (κ3) is 8.17. The van der Waals surface area contributed by atoms with E-state index in [0.29, 0.717) is 17.8 Å². The second-order valence-electron chi connectivity index (χ2n) is 17.6. The van der Waals surface area contributed by atoms with Gasteiger partial charge in [0.05, 0.1) is 5.58 Å². The van der Waals surface area contributed by atoms with Gasteiger partial charge in [0, 0.05) is 31.7 Å². The van der Waals surface area contributed by atoms with Crippen LogP contribution in [0.5, 0.6) is 0 Å². The van der Waals surface area contributed by atoms with Gasteiger partial charge in [0.1, 0.15) is 5.58 Å². The Labute approximate surface area is 360 Å². The van der Waals surface area contributed by atoms with Crippen LogP contribution in [0.1, 0.15) is 70.1 Å². The number of furan rings is 1. The van der Waals surface area contributed by atoms with Crippen LogP contribution < -0.4 is 4.40 Å². The molecule has 3 heterocycles. The minimum absolute atomic E-state index is 0. The van der Waals surface area contributed by atoms with Gasteiger partial charge >= 0.3 is 194 Å². The molecule has 9 rings (SSSR count). The molecule has 0 unspecified atom stereocenters. The van der Waals surface area contributed by atoms with Gasteiger partial charge in [0.15, 0.2) is 0 Å². The molecule has 0 spiro atoms. The molecule has 58 heavy (non-hydrogen) atoms. The summed E-state index contributed by atoms with van der Waals surface area (Å²) in [4.78, 5) is 9.52. The van der Waals surface area contributed by atoms with Crippen molar-refractivity contribution in [2.45, 2.75) is 77.1 Å². The molecule has 3 aromatic heterocycles. The maximum Gasteiger partial charge on any atom is 0.121 e. The first-order valence-corrected chi connectivity index (χ1v) is 27.8. The third-order valence-electron chi connectivity index (χ3n) is 11.2. The predicted molar refractivity (Wildman–Crippen MR) is 247 cm³/mol. The van der Waals surface area contributed by atoms with Gasteiger partial charge in [-0.15, -0.1) is 18.2 Å². The standard InChI is InChI=1S/C30H30GeN.C23H22NO.Ir/c1-20(2)16-22-18-30(32-19-29(22)31(3,4)5)21-14-15-27-25-12-7-6-10-23(25)24-11-8-9-13-26(24)28(27)17-21;1-14(2)16-8-9-18-19-6-5-7-20(23(19)25-22(18)13-16)21-12-17(15(3)4)10-11-24-21;/h6-13,15,17-20H,16H2,1-5H3;5-6,8-15H,1-4H3;/q2*-1;.